The molecule has 2 rings (SSSR count). The molecule has 1 aliphatic heterocycles. The summed E-state index contributed by atoms with van der Waals surface area (Å²) in [5.41, 5.74) is -1.96. The predicted molar refractivity (Wildman–Crippen MR) is 106 cm³/mol. The molecule has 0 amide bonds. The van der Waals surface area contributed by atoms with E-state index in [1.807, 2.05) is 0 Å². The third kappa shape index (κ3) is 6.27. The molecule has 19 nitrogen and oxygen atoms in total. The van der Waals surface area contributed by atoms with Crippen molar-refractivity contribution in [3.8, 4) is 0 Å². The Morgan fingerprint density at radius 3 is 1.94 bits per heavy atom. The maximum Gasteiger partial charge on any atom is 0.294 e. The van der Waals surface area contributed by atoms with Crippen LogP contribution in [-0.4, -0.2) is 69.4 Å². The molecule has 34 heavy (non-hydrogen) atoms. The first-order chi connectivity index (χ1) is 15.6. The molecule has 0 aliphatic carbocycles. The number of nitrogens with one attached hydrogen (secondary N) is 1. The SMILES string of the molecule is Cc1cc2c(cc1S(N)(=O)=O)S(=O)(=O)N(CC(CO[N+](=O)[O-])(CO[N+](=O)[O-])CO[N+](=O)[O-])CN2. The second kappa shape index (κ2) is 9.74. The zero-order chi connectivity index (χ0) is 25.9. The third-order valence-electron chi connectivity index (χ3n) is 4.59. The lowest BCUT2D eigenvalue weighted by molar-refractivity contribution is -0.782. The van der Waals surface area contributed by atoms with Crippen LogP contribution in [0, 0.1) is 42.7 Å². The monoisotopic (exact) mass is 530 g/mol. The van der Waals surface area contributed by atoms with Gasteiger partial charge in [-0.3, -0.25) is 0 Å². The van der Waals surface area contributed by atoms with Crippen molar-refractivity contribution in [2.45, 2.75) is 16.7 Å². The van der Waals surface area contributed by atoms with Crippen LogP contribution in [0.4, 0.5) is 5.69 Å². The van der Waals surface area contributed by atoms with Gasteiger partial charge in [0, 0.05) is 6.54 Å². The molecule has 0 atom stereocenters. The molecule has 0 bridgehead atoms. The zero-order valence-electron chi connectivity index (χ0n) is 17.2. The Labute approximate surface area is 190 Å². The summed E-state index contributed by atoms with van der Waals surface area (Å²) >= 11 is 0. The van der Waals surface area contributed by atoms with Crippen LogP contribution in [0.15, 0.2) is 21.9 Å². The minimum absolute atomic E-state index is 0.0105. The molecule has 3 N–H and O–H groups in total. The van der Waals surface area contributed by atoms with E-state index >= 15 is 0 Å². The van der Waals surface area contributed by atoms with Gasteiger partial charge >= 0.3 is 0 Å². The van der Waals surface area contributed by atoms with E-state index < -0.39 is 83.5 Å². The van der Waals surface area contributed by atoms with Gasteiger partial charge in [0.25, 0.3) is 15.3 Å². The van der Waals surface area contributed by atoms with Crippen molar-refractivity contribution >= 4 is 25.7 Å². The van der Waals surface area contributed by atoms with E-state index in [9.17, 15) is 47.2 Å². The number of primary sulfonamides is 1. The summed E-state index contributed by atoms with van der Waals surface area (Å²) in [6.07, 6.45) is 0. The van der Waals surface area contributed by atoms with Gasteiger partial charge < -0.3 is 19.8 Å². The third-order valence-corrected chi connectivity index (χ3v) is 7.47. The van der Waals surface area contributed by atoms with Crippen LogP contribution in [0.1, 0.15) is 5.56 Å². The number of sulfonamides is 2. The average Bonchev–Trinajstić information content (AvgIpc) is 2.69. The van der Waals surface area contributed by atoms with Crippen LogP contribution in [0.5, 0.6) is 0 Å². The first-order valence-electron chi connectivity index (χ1n) is 8.81. The van der Waals surface area contributed by atoms with Crippen molar-refractivity contribution in [3.05, 3.63) is 48.0 Å². The highest BCUT2D eigenvalue weighted by atomic mass is 32.2. The molecule has 0 saturated heterocycles. The molecular formula is C13H18N6O13S2. The quantitative estimate of drug-likeness (QED) is 0.233. The van der Waals surface area contributed by atoms with Gasteiger partial charge in [-0.2, -0.15) is 4.31 Å². The molecule has 0 aromatic heterocycles. The molecule has 190 valence electrons. The molecule has 0 fully saturated rings. The fraction of sp³-hybridized carbons (Fsp3) is 0.538. The van der Waals surface area contributed by atoms with E-state index in [1.165, 1.54) is 13.0 Å². The standard InChI is InChI=1S/C13H18N6O13S2/c1-9-2-10-12(3-11(9)33(14,26)27)34(28,29)16(8-15-10)4-13(5-30-17(20)21,6-31-18(22)23)7-32-19(24)25/h2-3,15H,4-8H2,1H3,(H2,14,26,27). The van der Waals surface area contributed by atoms with Crippen LogP contribution >= 0.6 is 0 Å². The van der Waals surface area contributed by atoms with Crippen molar-refractivity contribution < 1.29 is 46.6 Å². The minimum Gasteiger partial charge on any atom is -0.370 e. The van der Waals surface area contributed by atoms with Crippen molar-refractivity contribution in [2.24, 2.45) is 10.6 Å². The number of nitrogens with zero attached hydrogens (tertiary/aromatic N) is 4. The predicted octanol–water partition coefficient (Wildman–Crippen LogP) is -1.37. The Morgan fingerprint density at radius 2 is 1.53 bits per heavy atom. The van der Waals surface area contributed by atoms with Crippen molar-refractivity contribution in [1.29, 1.82) is 0 Å². The molecular weight excluding hydrogens is 512 g/mol. The fourth-order valence-electron chi connectivity index (χ4n) is 3.07. The molecule has 0 unspecified atom stereocenters. The van der Waals surface area contributed by atoms with E-state index in [1.54, 1.807) is 0 Å². The first kappa shape index (κ1) is 26.7. The van der Waals surface area contributed by atoms with Gasteiger partial charge in [0.2, 0.25) is 20.0 Å². The summed E-state index contributed by atoms with van der Waals surface area (Å²) in [4.78, 5) is 43.7. The lowest BCUT2D eigenvalue weighted by atomic mass is 9.91. The zero-order valence-corrected chi connectivity index (χ0v) is 18.8. The van der Waals surface area contributed by atoms with Gasteiger partial charge in [-0.25, -0.2) is 22.0 Å². The van der Waals surface area contributed by atoms with Crippen molar-refractivity contribution in [1.82, 2.24) is 4.31 Å². The molecule has 0 saturated carbocycles. The second-order valence-corrected chi connectivity index (χ2v) is 10.5. The summed E-state index contributed by atoms with van der Waals surface area (Å²) in [7, 11) is -8.88. The fourth-order valence-corrected chi connectivity index (χ4v) is 5.57. The molecule has 1 aromatic carbocycles. The number of fused-ring (bicyclic) bond motifs is 1. The molecule has 1 aliphatic rings. The Morgan fingerprint density at radius 1 is 1.06 bits per heavy atom. The van der Waals surface area contributed by atoms with Crippen molar-refractivity contribution in [2.75, 3.05) is 38.4 Å². The number of rotatable bonds is 12. The maximum atomic E-state index is 13.2. The second-order valence-electron chi connectivity index (χ2n) is 7.10. The van der Waals surface area contributed by atoms with Gasteiger partial charge in [-0.1, -0.05) is 0 Å². The minimum atomic E-state index is -4.56. The van der Waals surface area contributed by atoms with Gasteiger partial charge in [0.15, 0.2) is 0 Å². The summed E-state index contributed by atoms with van der Waals surface area (Å²) in [6.45, 7) is -3.24. The Balaban J connectivity index is 2.52. The van der Waals surface area contributed by atoms with Crippen LogP contribution < -0.4 is 10.5 Å². The smallest absolute Gasteiger partial charge is 0.294 e. The van der Waals surface area contributed by atoms with Gasteiger partial charge in [-0.15, -0.1) is 30.3 Å². The van der Waals surface area contributed by atoms with Gasteiger partial charge in [-0.05, 0) is 24.6 Å². The molecule has 0 spiro atoms. The van der Waals surface area contributed by atoms with E-state index in [-0.39, 0.29) is 11.3 Å². The number of nitrogens with two attached hydrogens (primary N) is 1. The van der Waals surface area contributed by atoms with Gasteiger partial charge in [0.05, 0.1) is 22.7 Å². The molecule has 1 aromatic rings. The number of anilines is 1. The highest BCUT2D eigenvalue weighted by molar-refractivity contribution is 7.90. The Kier molecular flexibility index (Phi) is 7.65. The number of hydrogen-bond acceptors (Lipinski definition) is 14. The van der Waals surface area contributed by atoms with Crippen LogP contribution in [0.2, 0.25) is 0 Å². The lowest BCUT2D eigenvalue weighted by Crippen LogP contribution is -2.52. The average molecular weight is 530 g/mol. The Bertz CT molecular complexity index is 1160. The largest absolute Gasteiger partial charge is 0.370 e. The number of hydrogen-bond donors (Lipinski definition) is 2. The van der Waals surface area contributed by atoms with Crippen LogP contribution in [0.25, 0.3) is 0 Å². The Hall–Kier alpha value is -3.56. The van der Waals surface area contributed by atoms with Crippen molar-refractivity contribution in [3.63, 3.8) is 0 Å². The van der Waals surface area contributed by atoms with E-state index in [2.05, 4.69) is 19.8 Å². The molecule has 1 heterocycles. The van der Waals surface area contributed by atoms with E-state index in [4.69, 9.17) is 5.14 Å². The van der Waals surface area contributed by atoms with E-state index in [0.29, 0.717) is 4.31 Å². The highest BCUT2D eigenvalue weighted by Gasteiger charge is 2.43. The number of benzene rings is 1. The summed E-state index contributed by atoms with van der Waals surface area (Å²) in [5.74, 6) is 0. The first-order valence-corrected chi connectivity index (χ1v) is 11.8. The molecule has 21 heteroatoms. The number of aryl methyl sites for hydroxylation is 1. The van der Waals surface area contributed by atoms with Crippen LogP contribution in [0.3, 0.4) is 0 Å². The van der Waals surface area contributed by atoms with Gasteiger partial charge in [0.1, 0.15) is 24.7 Å². The maximum absolute atomic E-state index is 13.2. The topological polar surface area (TPSA) is 267 Å². The highest BCUT2D eigenvalue weighted by Crippen LogP contribution is 2.35. The lowest BCUT2D eigenvalue weighted by Gasteiger charge is -2.37. The van der Waals surface area contributed by atoms with E-state index in [0.717, 1.165) is 6.07 Å². The van der Waals surface area contributed by atoms with Crippen LogP contribution in [-0.2, 0) is 34.6 Å². The molecule has 0 radical (unpaired) electrons. The summed E-state index contributed by atoms with van der Waals surface area (Å²) < 4.78 is 50.7. The summed E-state index contributed by atoms with van der Waals surface area (Å²) in [5, 5.41) is 36.0. The normalized spacial score (nSPS) is 15.5. The summed E-state index contributed by atoms with van der Waals surface area (Å²) in [6, 6.07) is 2.02.